The Morgan fingerprint density at radius 2 is 1.65 bits per heavy atom. The molecule has 0 aromatic carbocycles. The van der Waals surface area contributed by atoms with Gasteiger partial charge in [-0.05, 0) is 38.7 Å². The SMILES string of the molecule is Cc1nccc(C2CCN(C(=O)C3CCN(C(=O)N(C)C)CC3)CC2)n1. The molecule has 3 heterocycles. The third kappa shape index (κ3) is 4.14. The van der Waals surface area contributed by atoms with Gasteiger partial charge in [0.2, 0.25) is 5.91 Å². The fraction of sp³-hybridized carbons (Fsp3) is 0.684. The molecule has 1 aromatic rings. The molecule has 0 saturated carbocycles. The molecule has 142 valence electrons. The van der Waals surface area contributed by atoms with Gasteiger partial charge in [0.25, 0.3) is 0 Å². The maximum atomic E-state index is 12.8. The first-order valence-electron chi connectivity index (χ1n) is 9.50. The number of hydrogen-bond donors (Lipinski definition) is 0. The average molecular weight is 359 g/mol. The van der Waals surface area contributed by atoms with E-state index in [0.29, 0.717) is 19.0 Å². The highest BCUT2D eigenvalue weighted by Gasteiger charge is 2.32. The molecule has 7 nitrogen and oxygen atoms in total. The van der Waals surface area contributed by atoms with Gasteiger partial charge in [0.15, 0.2) is 0 Å². The summed E-state index contributed by atoms with van der Waals surface area (Å²) in [6.45, 7) is 4.84. The van der Waals surface area contributed by atoms with Crippen LogP contribution in [0.25, 0.3) is 0 Å². The molecule has 0 atom stereocenters. The van der Waals surface area contributed by atoms with Crippen molar-refractivity contribution in [2.75, 3.05) is 40.3 Å². The van der Waals surface area contributed by atoms with Crippen LogP contribution in [-0.4, -0.2) is 76.9 Å². The lowest BCUT2D eigenvalue weighted by atomic mass is 9.90. The van der Waals surface area contributed by atoms with E-state index in [1.54, 1.807) is 19.0 Å². The molecule has 2 fully saturated rings. The number of likely N-dealkylation sites (tertiary alicyclic amines) is 2. The van der Waals surface area contributed by atoms with Gasteiger partial charge in [-0.3, -0.25) is 4.79 Å². The quantitative estimate of drug-likeness (QED) is 0.808. The van der Waals surface area contributed by atoms with Gasteiger partial charge >= 0.3 is 6.03 Å². The molecular formula is C19H29N5O2. The zero-order valence-electron chi connectivity index (χ0n) is 16.0. The summed E-state index contributed by atoms with van der Waals surface area (Å²) in [5, 5.41) is 0. The highest BCUT2D eigenvalue weighted by atomic mass is 16.2. The Morgan fingerprint density at radius 1 is 1.04 bits per heavy atom. The van der Waals surface area contributed by atoms with Crippen LogP contribution in [0.3, 0.4) is 0 Å². The van der Waals surface area contributed by atoms with Crippen LogP contribution < -0.4 is 0 Å². The van der Waals surface area contributed by atoms with Crippen LogP contribution in [-0.2, 0) is 4.79 Å². The molecule has 0 N–H and O–H groups in total. The van der Waals surface area contributed by atoms with Gasteiger partial charge in [0, 0.05) is 64.0 Å². The second-order valence-electron chi connectivity index (χ2n) is 7.57. The van der Waals surface area contributed by atoms with Gasteiger partial charge in [0.1, 0.15) is 5.82 Å². The molecule has 0 aliphatic carbocycles. The van der Waals surface area contributed by atoms with E-state index in [4.69, 9.17) is 0 Å². The summed E-state index contributed by atoms with van der Waals surface area (Å²) in [7, 11) is 3.53. The third-order valence-corrected chi connectivity index (χ3v) is 5.52. The van der Waals surface area contributed by atoms with Gasteiger partial charge in [0.05, 0.1) is 0 Å². The number of piperidine rings is 2. The molecule has 0 bridgehead atoms. The first-order valence-corrected chi connectivity index (χ1v) is 9.50. The van der Waals surface area contributed by atoms with Crippen LogP contribution in [0.2, 0.25) is 0 Å². The highest BCUT2D eigenvalue weighted by molar-refractivity contribution is 5.80. The number of aromatic nitrogens is 2. The van der Waals surface area contributed by atoms with Crippen molar-refractivity contribution in [3.8, 4) is 0 Å². The van der Waals surface area contributed by atoms with Gasteiger partial charge < -0.3 is 14.7 Å². The van der Waals surface area contributed by atoms with Crippen molar-refractivity contribution in [3.05, 3.63) is 23.8 Å². The molecule has 0 unspecified atom stereocenters. The molecule has 0 spiro atoms. The lowest BCUT2D eigenvalue weighted by molar-refractivity contribution is -0.138. The summed E-state index contributed by atoms with van der Waals surface area (Å²) in [5.74, 6) is 1.54. The monoisotopic (exact) mass is 359 g/mol. The van der Waals surface area contributed by atoms with Gasteiger partial charge in [-0.2, -0.15) is 0 Å². The number of urea groups is 1. The van der Waals surface area contributed by atoms with Gasteiger partial charge in [-0.15, -0.1) is 0 Å². The number of carbonyl (C=O) groups is 2. The molecule has 0 radical (unpaired) electrons. The van der Waals surface area contributed by atoms with E-state index >= 15 is 0 Å². The topological polar surface area (TPSA) is 69.6 Å². The van der Waals surface area contributed by atoms with E-state index in [2.05, 4.69) is 9.97 Å². The van der Waals surface area contributed by atoms with E-state index in [9.17, 15) is 9.59 Å². The van der Waals surface area contributed by atoms with Crippen LogP contribution >= 0.6 is 0 Å². The van der Waals surface area contributed by atoms with Crippen molar-refractivity contribution < 1.29 is 9.59 Å². The molecule has 26 heavy (non-hydrogen) atoms. The molecule has 3 rings (SSSR count). The van der Waals surface area contributed by atoms with Crippen molar-refractivity contribution in [2.24, 2.45) is 5.92 Å². The van der Waals surface area contributed by atoms with Crippen LogP contribution in [0.4, 0.5) is 4.79 Å². The average Bonchev–Trinajstić information content (AvgIpc) is 2.67. The minimum Gasteiger partial charge on any atom is -0.342 e. The molecule has 3 amide bonds. The van der Waals surface area contributed by atoms with E-state index in [1.807, 2.05) is 29.0 Å². The van der Waals surface area contributed by atoms with Crippen molar-refractivity contribution >= 4 is 11.9 Å². The second-order valence-corrected chi connectivity index (χ2v) is 7.57. The molecule has 1 aromatic heterocycles. The maximum absolute atomic E-state index is 12.8. The summed E-state index contributed by atoms with van der Waals surface area (Å²) >= 11 is 0. The summed E-state index contributed by atoms with van der Waals surface area (Å²) in [5.41, 5.74) is 1.10. The Bertz CT molecular complexity index is 647. The van der Waals surface area contributed by atoms with Crippen molar-refractivity contribution in [2.45, 2.75) is 38.5 Å². The fourth-order valence-electron chi connectivity index (χ4n) is 3.96. The Hall–Kier alpha value is -2.18. The zero-order chi connectivity index (χ0) is 18.7. The van der Waals surface area contributed by atoms with E-state index < -0.39 is 0 Å². The molecular weight excluding hydrogens is 330 g/mol. The third-order valence-electron chi connectivity index (χ3n) is 5.52. The first kappa shape index (κ1) is 18.6. The Labute approximate surface area is 155 Å². The van der Waals surface area contributed by atoms with Crippen molar-refractivity contribution in [3.63, 3.8) is 0 Å². The lowest BCUT2D eigenvalue weighted by Gasteiger charge is -2.37. The normalized spacial score (nSPS) is 19.5. The van der Waals surface area contributed by atoms with Crippen LogP contribution in [0.15, 0.2) is 12.3 Å². The summed E-state index contributed by atoms with van der Waals surface area (Å²) < 4.78 is 0. The van der Waals surface area contributed by atoms with Crippen LogP contribution in [0, 0.1) is 12.8 Å². The van der Waals surface area contributed by atoms with E-state index in [1.165, 1.54) is 0 Å². The van der Waals surface area contributed by atoms with E-state index in [0.717, 1.165) is 50.3 Å². The Morgan fingerprint density at radius 3 is 2.23 bits per heavy atom. The Balaban J connectivity index is 1.49. The number of rotatable bonds is 2. The van der Waals surface area contributed by atoms with Crippen LogP contribution in [0.1, 0.15) is 43.1 Å². The minimum atomic E-state index is 0.0388. The first-order chi connectivity index (χ1) is 12.5. The number of hydrogen-bond acceptors (Lipinski definition) is 4. The molecule has 2 saturated heterocycles. The largest absolute Gasteiger partial charge is 0.342 e. The van der Waals surface area contributed by atoms with Gasteiger partial charge in [-0.1, -0.05) is 0 Å². The maximum Gasteiger partial charge on any atom is 0.319 e. The molecule has 2 aliphatic rings. The second kappa shape index (κ2) is 8.01. The van der Waals surface area contributed by atoms with E-state index in [-0.39, 0.29) is 17.9 Å². The summed E-state index contributed by atoms with van der Waals surface area (Å²) in [6, 6.07) is 2.03. The summed E-state index contributed by atoms with van der Waals surface area (Å²) in [4.78, 5) is 39.0. The molecule has 2 aliphatic heterocycles. The number of nitrogens with zero attached hydrogens (tertiary/aromatic N) is 5. The molecule has 7 heteroatoms. The van der Waals surface area contributed by atoms with Crippen LogP contribution in [0.5, 0.6) is 0 Å². The highest BCUT2D eigenvalue weighted by Crippen LogP contribution is 2.29. The lowest BCUT2D eigenvalue weighted by Crippen LogP contribution is -2.48. The predicted molar refractivity (Wildman–Crippen MR) is 98.7 cm³/mol. The number of amides is 3. The zero-order valence-corrected chi connectivity index (χ0v) is 16.0. The summed E-state index contributed by atoms with van der Waals surface area (Å²) in [6.07, 6.45) is 5.27. The smallest absolute Gasteiger partial charge is 0.319 e. The number of aryl methyl sites for hydroxylation is 1. The Kier molecular flexibility index (Phi) is 5.74. The van der Waals surface area contributed by atoms with Crippen molar-refractivity contribution in [1.82, 2.24) is 24.7 Å². The van der Waals surface area contributed by atoms with Gasteiger partial charge in [-0.25, -0.2) is 14.8 Å². The predicted octanol–water partition coefficient (Wildman–Crippen LogP) is 1.88. The number of carbonyl (C=O) groups excluding carboxylic acids is 2. The minimum absolute atomic E-state index is 0.0388. The van der Waals surface area contributed by atoms with Crippen molar-refractivity contribution in [1.29, 1.82) is 0 Å². The standard InChI is InChI=1S/C19H29N5O2/c1-14-20-9-4-17(21-14)15-5-10-23(11-6-15)18(25)16-7-12-24(13-8-16)19(26)22(2)3/h4,9,15-16H,5-8,10-13H2,1-3H3. The fourth-order valence-corrected chi connectivity index (χ4v) is 3.96.